The van der Waals surface area contributed by atoms with Crippen LogP contribution in [0.1, 0.15) is 26.3 Å². The van der Waals surface area contributed by atoms with Crippen molar-refractivity contribution in [2.45, 2.75) is 33.3 Å². The smallest absolute Gasteiger partial charge is 0.0646 e. The maximum Gasteiger partial charge on any atom is 0.0646 e. The maximum absolute atomic E-state index is 6.10. The molecule has 0 fully saturated rings. The Labute approximate surface area is 103 Å². The van der Waals surface area contributed by atoms with Crippen molar-refractivity contribution in [2.24, 2.45) is 0 Å². The largest absolute Gasteiger partial charge is 0.382 e. The molecule has 0 spiro atoms. The lowest BCUT2D eigenvalue weighted by atomic mass is 10.2. The molecule has 0 aromatic heterocycles. The van der Waals surface area contributed by atoms with Crippen LogP contribution in [-0.4, -0.2) is 18.8 Å². The molecule has 1 N–H and O–H groups in total. The van der Waals surface area contributed by atoms with Crippen LogP contribution >= 0.6 is 11.6 Å². The van der Waals surface area contributed by atoms with E-state index in [9.17, 15) is 0 Å². The van der Waals surface area contributed by atoms with Gasteiger partial charge in [-0.15, -0.1) is 0 Å². The first-order valence-electron chi connectivity index (χ1n) is 5.52. The molecule has 0 bridgehead atoms. The number of anilines is 1. The fourth-order valence-electron chi connectivity index (χ4n) is 1.31. The highest BCUT2D eigenvalue weighted by Crippen LogP contribution is 2.22. The summed E-state index contributed by atoms with van der Waals surface area (Å²) in [4.78, 5) is 0. The lowest BCUT2D eigenvalue weighted by Gasteiger charge is -2.20. The van der Waals surface area contributed by atoms with Crippen LogP contribution < -0.4 is 5.32 Å². The topological polar surface area (TPSA) is 21.3 Å². The molecule has 0 saturated heterocycles. The predicted octanol–water partition coefficient (Wildman–Crippen LogP) is 3.88. The number of benzene rings is 1. The van der Waals surface area contributed by atoms with Gasteiger partial charge in [0.2, 0.25) is 0 Å². The van der Waals surface area contributed by atoms with Crippen LogP contribution in [0.25, 0.3) is 0 Å². The minimum atomic E-state index is -0.0846. The fraction of sp³-hybridized carbons (Fsp3) is 0.538. The Hall–Kier alpha value is -0.730. The van der Waals surface area contributed by atoms with Crippen LogP contribution in [0.15, 0.2) is 18.2 Å². The van der Waals surface area contributed by atoms with Crippen molar-refractivity contribution >= 4 is 17.3 Å². The molecule has 1 rings (SSSR count). The first kappa shape index (κ1) is 13.3. The molecular weight excluding hydrogens is 222 g/mol. The van der Waals surface area contributed by atoms with Gasteiger partial charge < -0.3 is 10.1 Å². The van der Waals surface area contributed by atoms with Gasteiger partial charge >= 0.3 is 0 Å². The van der Waals surface area contributed by atoms with Gasteiger partial charge in [0.25, 0.3) is 0 Å². The standard InChI is InChI=1S/C13H20ClNO/c1-10-5-6-12(11(14)9-10)15-7-8-16-13(2,3)4/h5-6,9,15H,7-8H2,1-4H3. The maximum atomic E-state index is 6.10. The summed E-state index contributed by atoms with van der Waals surface area (Å²) in [5.41, 5.74) is 2.05. The number of hydrogen-bond donors (Lipinski definition) is 1. The van der Waals surface area contributed by atoms with Gasteiger partial charge in [0.1, 0.15) is 0 Å². The Balaban J connectivity index is 2.38. The van der Waals surface area contributed by atoms with Crippen molar-refractivity contribution in [1.82, 2.24) is 0 Å². The number of halogens is 1. The monoisotopic (exact) mass is 241 g/mol. The van der Waals surface area contributed by atoms with E-state index < -0.39 is 0 Å². The number of hydrogen-bond acceptors (Lipinski definition) is 2. The molecule has 1 aromatic rings. The average Bonchev–Trinajstić information content (AvgIpc) is 2.13. The van der Waals surface area contributed by atoms with Crippen LogP contribution in [0.4, 0.5) is 5.69 Å². The average molecular weight is 242 g/mol. The highest BCUT2D eigenvalue weighted by atomic mass is 35.5. The third kappa shape index (κ3) is 4.86. The lowest BCUT2D eigenvalue weighted by Crippen LogP contribution is -2.23. The Bertz CT molecular complexity index is 344. The molecule has 2 nitrogen and oxygen atoms in total. The van der Waals surface area contributed by atoms with Gasteiger partial charge in [-0.2, -0.15) is 0 Å². The molecule has 0 aliphatic rings. The molecule has 3 heteroatoms. The van der Waals surface area contributed by atoms with Crippen molar-refractivity contribution in [3.05, 3.63) is 28.8 Å². The van der Waals surface area contributed by atoms with Gasteiger partial charge in [-0.25, -0.2) is 0 Å². The van der Waals surface area contributed by atoms with E-state index in [0.29, 0.717) is 6.61 Å². The summed E-state index contributed by atoms with van der Waals surface area (Å²) < 4.78 is 5.61. The van der Waals surface area contributed by atoms with E-state index in [4.69, 9.17) is 16.3 Å². The fourth-order valence-corrected chi connectivity index (χ4v) is 1.61. The highest BCUT2D eigenvalue weighted by Gasteiger charge is 2.09. The summed E-state index contributed by atoms with van der Waals surface area (Å²) in [5, 5.41) is 4.02. The summed E-state index contributed by atoms with van der Waals surface area (Å²) >= 11 is 6.10. The van der Waals surface area contributed by atoms with Gasteiger partial charge in [0.05, 0.1) is 22.9 Å². The Morgan fingerprint density at radius 1 is 1.31 bits per heavy atom. The van der Waals surface area contributed by atoms with E-state index in [-0.39, 0.29) is 5.60 Å². The molecule has 0 aliphatic carbocycles. The normalized spacial score (nSPS) is 11.6. The quantitative estimate of drug-likeness (QED) is 0.808. The second kappa shape index (κ2) is 5.55. The zero-order valence-corrected chi connectivity index (χ0v) is 11.2. The van der Waals surface area contributed by atoms with Crippen LogP contribution in [0.5, 0.6) is 0 Å². The Morgan fingerprint density at radius 2 is 2.00 bits per heavy atom. The summed E-state index contributed by atoms with van der Waals surface area (Å²) in [5.74, 6) is 0. The van der Waals surface area contributed by atoms with E-state index in [0.717, 1.165) is 17.3 Å². The number of nitrogens with one attached hydrogen (secondary N) is 1. The lowest BCUT2D eigenvalue weighted by molar-refractivity contribution is 0.00334. The minimum absolute atomic E-state index is 0.0846. The molecule has 0 unspecified atom stereocenters. The molecule has 16 heavy (non-hydrogen) atoms. The third-order valence-corrected chi connectivity index (χ3v) is 2.39. The zero-order valence-electron chi connectivity index (χ0n) is 10.4. The molecule has 0 heterocycles. The van der Waals surface area contributed by atoms with Crippen LogP contribution in [-0.2, 0) is 4.74 Å². The van der Waals surface area contributed by atoms with E-state index in [1.165, 1.54) is 5.56 Å². The molecule has 0 amide bonds. The molecule has 1 aromatic carbocycles. The first-order valence-corrected chi connectivity index (χ1v) is 5.90. The number of aryl methyl sites for hydroxylation is 1. The summed E-state index contributed by atoms with van der Waals surface area (Å²) in [7, 11) is 0. The van der Waals surface area contributed by atoms with E-state index in [1.807, 2.05) is 45.9 Å². The highest BCUT2D eigenvalue weighted by molar-refractivity contribution is 6.33. The predicted molar refractivity (Wildman–Crippen MR) is 70.4 cm³/mol. The first-order chi connectivity index (χ1) is 7.38. The molecular formula is C13H20ClNO. The van der Waals surface area contributed by atoms with Gasteiger partial charge in [-0.05, 0) is 45.4 Å². The SMILES string of the molecule is Cc1ccc(NCCOC(C)(C)C)c(Cl)c1. The molecule has 0 radical (unpaired) electrons. The van der Waals surface area contributed by atoms with Gasteiger partial charge in [0, 0.05) is 6.54 Å². The van der Waals surface area contributed by atoms with Crippen molar-refractivity contribution in [1.29, 1.82) is 0 Å². The molecule has 0 saturated carbocycles. The number of ether oxygens (including phenoxy) is 1. The second-order valence-electron chi connectivity index (χ2n) is 4.87. The van der Waals surface area contributed by atoms with Gasteiger partial charge in [-0.3, -0.25) is 0 Å². The van der Waals surface area contributed by atoms with Crippen molar-refractivity contribution < 1.29 is 4.74 Å². The Kier molecular flexibility index (Phi) is 4.63. The molecule has 0 atom stereocenters. The minimum Gasteiger partial charge on any atom is -0.382 e. The molecule has 90 valence electrons. The van der Waals surface area contributed by atoms with Gasteiger partial charge in [-0.1, -0.05) is 17.7 Å². The van der Waals surface area contributed by atoms with Crippen LogP contribution in [0.2, 0.25) is 5.02 Å². The summed E-state index contributed by atoms with van der Waals surface area (Å²) in [6, 6.07) is 5.99. The summed E-state index contributed by atoms with van der Waals surface area (Å²) in [6.07, 6.45) is 0. The molecule has 0 aliphatic heterocycles. The van der Waals surface area contributed by atoms with E-state index in [1.54, 1.807) is 0 Å². The van der Waals surface area contributed by atoms with E-state index >= 15 is 0 Å². The van der Waals surface area contributed by atoms with Crippen molar-refractivity contribution in [2.75, 3.05) is 18.5 Å². The summed E-state index contributed by atoms with van der Waals surface area (Å²) in [6.45, 7) is 9.61. The third-order valence-electron chi connectivity index (χ3n) is 2.08. The van der Waals surface area contributed by atoms with Crippen molar-refractivity contribution in [3.8, 4) is 0 Å². The number of rotatable bonds is 4. The van der Waals surface area contributed by atoms with Crippen molar-refractivity contribution in [3.63, 3.8) is 0 Å². The van der Waals surface area contributed by atoms with Gasteiger partial charge in [0.15, 0.2) is 0 Å². The van der Waals surface area contributed by atoms with E-state index in [2.05, 4.69) is 5.32 Å². The van der Waals surface area contributed by atoms with Crippen LogP contribution in [0.3, 0.4) is 0 Å². The van der Waals surface area contributed by atoms with Crippen LogP contribution in [0, 0.1) is 6.92 Å². The second-order valence-corrected chi connectivity index (χ2v) is 5.28. The Morgan fingerprint density at radius 3 is 2.56 bits per heavy atom. The zero-order chi connectivity index (χ0) is 12.2.